The van der Waals surface area contributed by atoms with Gasteiger partial charge in [-0.3, -0.25) is 4.79 Å². The molecule has 7 nitrogen and oxygen atoms in total. The number of hydrogen-bond donors (Lipinski definition) is 1. The van der Waals surface area contributed by atoms with Gasteiger partial charge >= 0.3 is 5.97 Å². The Labute approximate surface area is 125 Å². The summed E-state index contributed by atoms with van der Waals surface area (Å²) in [4.78, 5) is 23.2. The summed E-state index contributed by atoms with van der Waals surface area (Å²) >= 11 is 5.76. The van der Waals surface area contributed by atoms with Gasteiger partial charge in [-0.1, -0.05) is 16.8 Å². The van der Waals surface area contributed by atoms with Crippen LogP contribution in [0.2, 0.25) is 5.02 Å². The van der Waals surface area contributed by atoms with Crippen molar-refractivity contribution in [3.05, 3.63) is 41.2 Å². The lowest BCUT2D eigenvalue weighted by atomic mass is 10.3. The number of nitrogens with one attached hydrogen (secondary N) is 1. The van der Waals surface area contributed by atoms with E-state index in [-0.39, 0.29) is 24.8 Å². The van der Waals surface area contributed by atoms with E-state index in [1.54, 1.807) is 31.2 Å². The molecule has 0 unspecified atom stereocenters. The molecule has 0 saturated carbocycles. The van der Waals surface area contributed by atoms with Gasteiger partial charge in [-0.15, -0.1) is 5.10 Å². The predicted molar refractivity (Wildman–Crippen MR) is 76.1 cm³/mol. The molecule has 0 atom stereocenters. The van der Waals surface area contributed by atoms with E-state index < -0.39 is 5.97 Å². The van der Waals surface area contributed by atoms with Crippen LogP contribution in [0.4, 0.5) is 5.69 Å². The highest BCUT2D eigenvalue weighted by Gasteiger charge is 2.13. The Balaban J connectivity index is 1.93. The third kappa shape index (κ3) is 4.28. The third-order valence-electron chi connectivity index (χ3n) is 2.46. The molecule has 0 spiro atoms. The van der Waals surface area contributed by atoms with Crippen molar-refractivity contribution in [2.45, 2.75) is 13.5 Å². The molecule has 8 heteroatoms. The van der Waals surface area contributed by atoms with Crippen molar-refractivity contribution in [1.82, 2.24) is 15.0 Å². The second-order valence-electron chi connectivity index (χ2n) is 4.08. The highest BCUT2D eigenvalue weighted by molar-refractivity contribution is 6.30. The maximum absolute atomic E-state index is 11.8. The summed E-state index contributed by atoms with van der Waals surface area (Å²) in [5.74, 6) is -0.862. The van der Waals surface area contributed by atoms with Crippen LogP contribution in [0.25, 0.3) is 0 Å². The van der Waals surface area contributed by atoms with Crippen molar-refractivity contribution >= 4 is 29.2 Å². The molecule has 0 bridgehead atoms. The van der Waals surface area contributed by atoms with Crippen LogP contribution in [-0.4, -0.2) is 33.5 Å². The van der Waals surface area contributed by atoms with Crippen molar-refractivity contribution in [2.75, 3.05) is 11.9 Å². The van der Waals surface area contributed by atoms with Gasteiger partial charge in [-0.05, 0) is 31.2 Å². The molecule has 1 heterocycles. The van der Waals surface area contributed by atoms with Crippen LogP contribution < -0.4 is 5.32 Å². The number of halogens is 1. The SMILES string of the molecule is CCOC(=O)c1cn(CC(=O)Nc2ccc(Cl)cc2)nn1. The second kappa shape index (κ2) is 6.85. The van der Waals surface area contributed by atoms with Crippen LogP contribution in [0.1, 0.15) is 17.4 Å². The number of ether oxygens (including phenoxy) is 1. The molecule has 1 aromatic carbocycles. The summed E-state index contributed by atoms with van der Waals surface area (Å²) in [6.07, 6.45) is 1.36. The molecule has 0 fully saturated rings. The Morgan fingerprint density at radius 3 is 2.71 bits per heavy atom. The van der Waals surface area contributed by atoms with E-state index in [0.29, 0.717) is 10.7 Å². The van der Waals surface area contributed by atoms with Gasteiger partial charge in [-0.2, -0.15) is 0 Å². The van der Waals surface area contributed by atoms with Gasteiger partial charge in [0.1, 0.15) is 6.54 Å². The van der Waals surface area contributed by atoms with E-state index in [0.717, 1.165) is 0 Å². The number of anilines is 1. The maximum atomic E-state index is 11.8. The molecule has 0 saturated heterocycles. The number of amides is 1. The third-order valence-corrected chi connectivity index (χ3v) is 2.71. The highest BCUT2D eigenvalue weighted by atomic mass is 35.5. The minimum atomic E-state index is -0.568. The normalized spacial score (nSPS) is 10.2. The summed E-state index contributed by atoms with van der Waals surface area (Å²) in [5, 5.41) is 10.6. The van der Waals surface area contributed by atoms with Gasteiger partial charge in [0.15, 0.2) is 5.69 Å². The number of carbonyl (C=O) groups is 2. The minimum Gasteiger partial charge on any atom is -0.461 e. The maximum Gasteiger partial charge on any atom is 0.360 e. The molecule has 0 aliphatic carbocycles. The van der Waals surface area contributed by atoms with Gasteiger partial charge < -0.3 is 10.1 Å². The van der Waals surface area contributed by atoms with E-state index in [1.807, 2.05) is 0 Å². The monoisotopic (exact) mass is 308 g/mol. The van der Waals surface area contributed by atoms with E-state index >= 15 is 0 Å². The standard InChI is InChI=1S/C13H13ClN4O3/c1-2-21-13(20)11-7-18(17-16-11)8-12(19)15-10-5-3-9(14)4-6-10/h3-7H,2,8H2,1H3,(H,15,19). The molecule has 1 amide bonds. The Morgan fingerprint density at radius 1 is 1.33 bits per heavy atom. The number of hydrogen-bond acceptors (Lipinski definition) is 5. The first-order valence-corrected chi connectivity index (χ1v) is 6.59. The van der Waals surface area contributed by atoms with Crippen molar-refractivity contribution in [1.29, 1.82) is 0 Å². The van der Waals surface area contributed by atoms with E-state index in [9.17, 15) is 9.59 Å². The first kappa shape index (κ1) is 15.0. The lowest BCUT2D eigenvalue weighted by Gasteiger charge is -2.04. The zero-order valence-electron chi connectivity index (χ0n) is 11.2. The molecule has 1 N–H and O–H groups in total. The lowest BCUT2D eigenvalue weighted by Crippen LogP contribution is -2.19. The summed E-state index contributed by atoms with van der Waals surface area (Å²) in [7, 11) is 0. The quantitative estimate of drug-likeness (QED) is 0.850. The summed E-state index contributed by atoms with van der Waals surface area (Å²) in [6.45, 7) is 1.89. The van der Waals surface area contributed by atoms with E-state index in [1.165, 1.54) is 10.9 Å². The topological polar surface area (TPSA) is 86.1 Å². The Hall–Kier alpha value is -2.41. The largest absolute Gasteiger partial charge is 0.461 e. The number of aromatic nitrogens is 3. The molecule has 2 rings (SSSR count). The fourth-order valence-electron chi connectivity index (χ4n) is 1.56. The molecule has 2 aromatic rings. The molecular weight excluding hydrogens is 296 g/mol. The van der Waals surface area contributed by atoms with Crippen LogP contribution in [0.3, 0.4) is 0 Å². The fraction of sp³-hybridized carbons (Fsp3) is 0.231. The van der Waals surface area contributed by atoms with Gasteiger partial charge in [0.25, 0.3) is 0 Å². The fourth-order valence-corrected chi connectivity index (χ4v) is 1.68. The number of carbonyl (C=O) groups excluding carboxylic acids is 2. The second-order valence-corrected chi connectivity index (χ2v) is 4.51. The van der Waals surface area contributed by atoms with Crippen LogP contribution in [0, 0.1) is 0 Å². The lowest BCUT2D eigenvalue weighted by molar-refractivity contribution is -0.116. The Bertz CT molecular complexity index is 639. The zero-order valence-corrected chi connectivity index (χ0v) is 12.0. The zero-order chi connectivity index (χ0) is 15.2. The molecule has 0 aliphatic heterocycles. The minimum absolute atomic E-state index is 0.0605. The first-order chi connectivity index (χ1) is 10.1. The molecule has 110 valence electrons. The first-order valence-electron chi connectivity index (χ1n) is 6.21. The number of rotatable bonds is 5. The highest BCUT2D eigenvalue weighted by Crippen LogP contribution is 2.13. The average Bonchev–Trinajstić information content (AvgIpc) is 2.90. The summed E-state index contributed by atoms with van der Waals surface area (Å²) in [6, 6.07) is 6.72. The van der Waals surface area contributed by atoms with Gasteiger partial charge in [0.2, 0.25) is 5.91 Å². The number of esters is 1. The Morgan fingerprint density at radius 2 is 2.05 bits per heavy atom. The van der Waals surface area contributed by atoms with Gasteiger partial charge in [-0.25, -0.2) is 9.48 Å². The van der Waals surface area contributed by atoms with E-state index in [4.69, 9.17) is 16.3 Å². The van der Waals surface area contributed by atoms with Crippen molar-refractivity contribution in [2.24, 2.45) is 0 Å². The van der Waals surface area contributed by atoms with Crippen LogP contribution in [-0.2, 0) is 16.1 Å². The summed E-state index contributed by atoms with van der Waals surface area (Å²) < 4.78 is 6.05. The average molecular weight is 309 g/mol. The molecule has 0 radical (unpaired) electrons. The van der Waals surface area contributed by atoms with Crippen molar-refractivity contribution in [3.8, 4) is 0 Å². The van der Waals surface area contributed by atoms with Gasteiger partial charge in [0, 0.05) is 10.7 Å². The molecule has 1 aromatic heterocycles. The molecule has 21 heavy (non-hydrogen) atoms. The number of benzene rings is 1. The predicted octanol–water partition coefficient (Wildman–Crippen LogP) is 1.75. The van der Waals surface area contributed by atoms with Gasteiger partial charge in [0.05, 0.1) is 12.8 Å². The molecular formula is C13H13ClN4O3. The smallest absolute Gasteiger partial charge is 0.360 e. The van der Waals surface area contributed by atoms with E-state index in [2.05, 4.69) is 15.6 Å². The van der Waals surface area contributed by atoms with Crippen molar-refractivity contribution < 1.29 is 14.3 Å². The van der Waals surface area contributed by atoms with Crippen LogP contribution in [0.15, 0.2) is 30.5 Å². The summed E-state index contributed by atoms with van der Waals surface area (Å²) in [5.41, 5.74) is 0.686. The van der Waals surface area contributed by atoms with Crippen LogP contribution >= 0.6 is 11.6 Å². The Kier molecular flexibility index (Phi) is 4.89. The van der Waals surface area contributed by atoms with Crippen molar-refractivity contribution in [3.63, 3.8) is 0 Å². The number of nitrogens with zero attached hydrogens (tertiary/aromatic N) is 3. The molecule has 0 aliphatic rings. The van der Waals surface area contributed by atoms with Crippen LogP contribution in [0.5, 0.6) is 0 Å².